The fourth-order valence-corrected chi connectivity index (χ4v) is 0.373. The highest BCUT2D eigenvalue weighted by Gasteiger charge is 2.38. The first-order chi connectivity index (χ1) is 4.98. The molecule has 0 aliphatic carbocycles. The average Bonchev–Trinajstić information content (AvgIpc) is 1.86. The second kappa shape index (κ2) is 4.53. The fourth-order valence-electron chi connectivity index (χ4n) is 0.373. The lowest BCUT2D eigenvalue weighted by Crippen LogP contribution is -2.33. The van der Waals surface area contributed by atoms with E-state index in [2.05, 4.69) is 4.74 Å². The van der Waals surface area contributed by atoms with Crippen molar-refractivity contribution >= 4 is 0 Å². The van der Waals surface area contributed by atoms with Crippen LogP contribution in [0.2, 0.25) is 0 Å². The standard InChI is InChI=1S/C5H10F3NO2/c6-5(7,8)4(10)3-11-2-1-9/h4,10H,1-3,9H2. The first-order valence-corrected chi connectivity index (χ1v) is 3.01. The molecular weight excluding hydrogens is 163 g/mol. The van der Waals surface area contributed by atoms with Crippen LogP contribution in [0.5, 0.6) is 0 Å². The summed E-state index contributed by atoms with van der Waals surface area (Å²) in [5.41, 5.74) is 4.94. The molecule has 0 aliphatic heterocycles. The molecule has 0 amide bonds. The van der Waals surface area contributed by atoms with Crippen molar-refractivity contribution in [3.8, 4) is 0 Å². The Hall–Kier alpha value is -0.330. The minimum absolute atomic E-state index is 0.0210. The van der Waals surface area contributed by atoms with Crippen LogP contribution < -0.4 is 5.73 Å². The number of aliphatic hydroxyl groups excluding tert-OH is 1. The first-order valence-electron chi connectivity index (χ1n) is 3.01. The Labute approximate surface area is 61.9 Å². The summed E-state index contributed by atoms with van der Waals surface area (Å²) in [7, 11) is 0. The Bertz CT molecular complexity index is 106. The molecule has 0 aliphatic rings. The number of hydrogen-bond donors (Lipinski definition) is 2. The molecule has 1 atom stereocenters. The summed E-state index contributed by atoms with van der Waals surface area (Å²) in [6.45, 7) is -0.585. The molecule has 0 saturated heterocycles. The van der Waals surface area contributed by atoms with Crippen molar-refractivity contribution in [2.24, 2.45) is 5.73 Å². The van der Waals surface area contributed by atoms with Gasteiger partial charge in [0.2, 0.25) is 0 Å². The van der Waals surface area contributed by atoms with Gasteiger partial charge in [-0.2, -0.15) is 13.2 Å². The maximum Gasteiger partial charge on any atom is 0.416 e. The Balaban J connectivity index is 3.44. The van der Waals surface area contributed by atoms with Gasteiger partial charge in [0, 0.05) is 6.54 Å². The van der Waals surface area contributed by atoms with Gasteiger partial charge in [0.05, 0.1) is 13.2 Å². The van der Waals surface area contributed by atoms with E-state index in [1.807, 2.05) is 0 Å². The van der Waals surface area contributed by atoms with Crippen LogP contribution in [-0.4, -0.2) is 37.1 Å². The highest BCUT2D eigenvalue weighted by molar-refractivity contribution is 4.63. The van der Waals surface area contributed by atoms with Crippen LogP contribution in [0.15, 0.2) is 0 Å². The van der Waals surface area contributed by atoms with Crippen molar-refractivity contribution in [1.29, 1.82) is 0 Å². The minimum Gasteiger partial charge on any atom is -0.382 e. The summed E-state index contributed by atoms with van der Waals surface area (Å²) < 4.78 is 38.9. The van der Waals surface area contributed by atoms with Gasteiger partial charge in [-0.05, 0) is 0 Å². The van der Waals surface area contributed by atoms with Gasteiger partial charge in [-0.25, -0.2) is 0 Å². The number of halogens is 3. The molecule has 0 aromatic rings. The summed E-state index contributed by atoms with van der Waals surface area (Å²) >= 11 is 0. The molecule has 0 heterocycles. The molecule has 0 aromatic heterocycles. The van der Waals surface area contributed by atoms with Crippen molar-refractivity contribution in [1.82, 2.24) is 0 Å². The maximum atomic E-state index is 11.5. The van der Waals surface area contributed by atoms with Crippen molar-refractivity contribution in [2.45, 2.75) is 12.3 Å². The monoisotopic (exact) mass is 173 g/mol. The van der Waals surface area contributed by atoms with E-state index in [0.29, 0.717) is 0 Å². The third-order valence-electron chi connectivity index (χ3n) is 0.916. The predicted molar refractivity (Wildman–Crippen MR) is 31.9 cm³/mol. The van der Waals surface area contributed by atoms with Gasteiger partial charge in [-0.15, -0.1) is 0 Å². The fraction of sp³-hybridized carbons (Fsp3) is 1.00. The van der Waals surface area contributed by atoms with Crippen LogP contribution in [0.25, 0.3) is 0 Å². The molecule has 68 valence electrons. The van der Waals surface area contributed by atoms with Crippen LogP contribution in [0.3, 0.4) is 0 Å². The molecule has 6 heteroatoms. The number of hydrogen-bond acceptors (Lipinski definition) is 3. The Morgan fingerprint density at radius 1 is 1.45 bits per heavy atom. The van der Waals surface area contributed by atoms with Crippen molar-refractivity contribution < 1.29 is 23.0 Å². The number of alkyl halides is 3. The quantitative estimate of drug-likeness (QED) is 0.583. The third-order valence-corrected chi connectivity index (χ3v) is 0.916. The lowest BCUT2D eigenvalue weighted by Gasteiger charge is -2.13. The normalized spacial score (nSPS) is 15.0. The van der Waals surface area contributed by atoms with Crippen LogP contribution in [0.4, 0.5) is 13.2 Å². The summed E-state index contributed by atoms with van der Waals surface area (Å²) in [6, 6.07) is 0. The molecule has 0 spiro atoms. The van der Waals surface area contributed by atoms with Crippen LogP contribution in [0, 0.1) is 0 Å². The molecule has 0 aromatic carbocycles. The molecule has 1 unspecified atom stereocenters. The molecule has 0 fully saturated rings. The smallest absolute Gasteiger partial charge is 0.382 e. The van der Waals surface area contributed by atoms with Crippen molar-refractivity contribution in [3.05, 3.63) is 0 Å². The van der Waals surface area contributed by atoms with Gasteiger partial charge in [-0.1, -0.05) is 0 Å². The highest BCUT2D eigenvalue weighted by atomic mass is 19.4. The van der Waals surface area contributed by atoms with Gasteiger partial charge in [0.15, 0.2) is 6.10 Å². The van der Waals surface area contributed by atoms with E-state index in [0.717, 1.165) is 0 Å². The summed E-state index contributed by atoms with van der Waals surface area (Å²) in [4.78, 5) is 0. The van der Waals surface area contributed by atoms with Gasteiger partial charge in [0.1, 0.15) is 0 Å². The van der Waals surface area contributed by atoms with Gasteiger partial charge in [-0.3, -0.25) is 0 Å². The summed E-state index contributed by atoms with van der Waals surface area (Å²) in [5.74, 6) is 0. The van der Waals surface area contributed by atoms with Crippen LogP contribution in [-0.2, 0) is 4.74 Å². The maximum absolute atomic E-state index is 11.5. The lowest BCUT2D eigenvalue weighted by molar-refractivity contribution is -0.217. The van der Waals surface area contributed by atoms with E-state index < -0.39 is 18.9 Å². The third kappa shape index (κ3) is 5.00. The second-order valence-electron chi connectivity index (χ2n) is 1.92. The predicted octanol–water partition coefficient (Wildman–Crippen LogP) is -0.115. The zero-order chi connectivity index (χ0) is 8.91. The minimum atomic E-state index is -4.60. The van der Waals surface area contributed by atoms with E-state index in [4.69, 9.17) is 10.8 Å². The van der Waals surface area contributed by atoms with Crippen LogP contribution in [0.1, 0.15) is 0 Å². The SMILES string of the molecule is NCCOCC(O)C(F)(F)F. The number of rotatable bonds is 4. The van der Waals surface area contributed by atoms with Crippen molar-refractivity contribution in [2.75, 3.05) is 19.8 Å². The molecular formula is C5H10F3NO2. The zero-order valence-electron chi connectivity index (χ0n) is 5.77. The van der Waals surface area contributed by atoms with E-state index >= 15 is 0 Å². The zero-order valence-corrected chi connectivity index (χ0v) is 5.77. The number of nitrogens with two attached hydrogens (primary N) is 1. The molecule has 11 heavy (non-hydrogen) atoms. The molecule has 3 nitrogen and oxygen atoms in total. The van der Waals surface area contributed by atoms with Gasteiger partial charge < -0.3 is 15.6 Å². The number of ether oxygens (including phenoxy) is 1. The molecule has 0 saturated carbocycles. The average molecular weight is 173 g/mol. The first kappa shape index (κ1) is 10.7. The largest absolute Gasteiger partial charge is 0.416 e. The Morgan fingerprint density at radius 3 is 2.36 bits per heavy atom. The summed E-state index contributed by atoms with van der Waals surface area (Å²) in [6.07, 6.45) is -7.01. The van der Waals surface area contributed by atoms with E-state index in [-0.39, 0.29) is 13.2 Å². The van der Waals surface area contributed by atoms with E-state index in [9.17, 15) is 13.2 Å². The van der Waals surface area contributed by atoms with Gasteiger partial charge in [0.25, 0.3) is 0 Å². The molecule has 0 radical (unpaired) electrons. The van der Waals surface area contributed by atoms with Gasteiger partial charge >= 0.3 is 6.18 Å². The number of aliphatic hydroxyl groups is 1. The molecule has 3 N–H and O–H groups in total. The lowest BCUT2D eigenvalue weighted by atomic mass is 10.4. The second-order valence-corrected chi connectivity index (χ2v) is 1.92. The van der Waals surface area contributed by atoms with E-state index in [1.54, 1.807) is 0 Å². The molecule has 0 rings (SSSR count). The molecule has 0 bridgehead atoms. The Kier molecular flexibility index (Phi) is 4.39. The Morgan fingerprint density at radius 2 is 2.00 bits per heavy atom. The summed E-state index contributed by atoms with van der Waals surface area (Å²) in [5, 5.41) is 8.32. The highest BCUT2D eigenvalue weighted by Crippen LogP contribution is 2.19. The van der Waals surface area contributed by atoms with Crippen LogP contribution >= 0.6 is 0 Å². The topological polar surface area (TPSA) is 55.5 Å². The van der Waals surface area contributed by atoms with E-state index in [1.165, 1.54) is 0 Å². The van der Waals surface area contributed by atoms with Crippen molar-refractivity contribution in [3.63, 3.8) is 0 Å².